The zero-order chi connectivity index (χ0) is 14.5. The van der Waals surface area contributed by atoms with E-state index in [4.69, 9.17) is 11.6 Å². The highest BCUT2D eigenvalue weighted by atomic mass is 35.5. The Labute approximate surface area is 117 Å². The Morgan fingerprint density at radius 1 is 1.16 bits per heavy atom. The van der Waals surface area contributed by atoms with Crippen LogP contribution in [0.1, 0.15) is 20.8 Å². The Kier molecular flexibility index (Phi) is 5.18. The summed E-state index contributed by atoms with van der Waals surface area (Å²) in [6.07, 6.45) is 0. The molecule has 0 aliphatic carbocycles. The van der Waals surface area contributed by atoms with E-state index in [0.29, 0.717) is 10.7 Å². The van der Waals surface area contributed by atoms with Gasteiger partial charge in [-0.2, -0.15) is 0 Å². The van der Waals surface area contributed by atoms with Gasteiger partial charge in [0.2, 0.25) is 5.91 Å². The summed E-state index contributed by atoms with van der Waals surface area (Å²) in [4.78, 5) is 23.0. The van der Waals surface area contributed by atoms with Crippen LogP contribution in [-0.2, 0) is 4.79 Å². The van der Waals surface area contributed by atoms with Crippen molar-refractivity contribution < 1.29 is 9.59 Å². The van der Waals surface area contributed by atoms with Gasteiger partial charge in [-0.05, 0) is 45.0 Å². The SMILES string of the molecule is CC(C)(C)NC(=O)CNC(=O)Nc1ccc(Cl)cc1. The topological polar surface area (TPSA) is 70.2 Å². The van der Waals surface area contributed by atoms with Crippen molar-refractivity contribution in [2.75, 3.05) is 11.9 Å². The standard InChI is InChI=1S/C13H18ClN3O2/c1-13(2,3)17-11(18)8-15-12(19)16-10-6-4-9(14)5-7-10/h4-7H,8H2,1-3H3,(H,17,18)(H2,15,16,19). The fourth-order valence-corrected chi connectivity index (χ4v) is 1.46. The molecule has 0 saturated carbocycles. The van der Waals surface area contributed by atoms with Crippen LogP contribution in [0.25, 0.3) is 0 Å². The molecule has 19 heavy (non-hydrogen) atoms. The molecule has 6 heteroatoms. The fourth-order valence-electron chi connectivity index (χ4n) is 1.33. The number of amides is 3. The number of nitrogens with one attached hydrogen (secondary N) is 3. The van der Waals surface area contributed by atoms with Gasteiger partial charge in [-0.15, -0.1) is 0 Å². The maximum atomic E-state index is 11.5. The minimum Gasteiger partial charge on any atom is -0.350 e. The van der Waals surface area contributed by atoms with Gasteiger partial charge >= 0.3 is 6.03 Å². The van der Waals surface area contributed by atoms with Crippen molar-refractivity contribution in [1.82, 2.24) is 10.6 Å². The number of anilines is 1. The van der Waals surface area contributed by atoms with Crippen LogP contribution in [0.4, 0.5) is 10.5 Å². The Morgan fingerprint density at radius 3 is 2.26 bits per heavy atom. The van der Waals surface area contributed by atoms with Crippen LogP contribution in [0.5, 0.6) is 0 Å². The second-order valence-corrected chi connectivity index (χ2v) is 5.55. The molecule has 0 spiro atoms. The highest BCUT2D eigenvalue weighted by Crippen LogP contribution is 2.12. The molecule has 1 aromatic rings. The van der Waals surface area contributed by atoms with Crippen LogP contribution >= 0.6 is 11.6 Å². The van der Waals surface area contributed by atoms with Crippen molar-refractivity contribution in [2.45, 2.75) is 26.3 Å². The summed E-state index contributed by atoms with van der Waals surface area (Å²) in [5.74, 6) is -0.237. The van der Waals surface area contributed by atoms with E-state index in [1.54, 1.807) is 24.3 Å². The van der Waals surface area contributed by atoms with Crippen molar-refractivity contribution >= 4 is 29.2 Å². The van der Waals surface area contributed by atoms with Crippen LogP contribution in [-0.4, -0.2) is 24.0 Å². The molecular formula is C13H18ClN3O2. The molecule has 104 valence electrons. The van der Waals surface area contributed by atoms with Crippen LogP contribution < -0.4 is 16.0 Å². The molecule has 0 atom stereocenters. The normalized spacial score (nSPS) is 10.7. The van der Waals surface area contributed by atoms with E-state index in [2.05, 4.69) is 16.0 Å². The molecule has 0 aliphatic rings. The molecule has 0 radical (unpaired) electrons. The summed E-state index contributed by atoms with van der Waals surface area (Å²) in [5.41, 5.74) is 0.295. The van der Waals surface area contributed by atoms with Crippen molar-refractivity contribution in [1.29, 1.82) is 0 Å². The van der Waals surface area contributed by atoms with Crippen LogP contribution in [0, 0.1) is 0 Å². The minimum absolute atomic E-state index is 0.0727. The van der Waals surface area contributed by atoms with E-state index in [1.165, 1.54) is 0 Å². The van der Waals surface area contributed by atoms with Crippen LogP contribution in [0.15, 0.2) is 24.3 Å². The number of carbonyl (C=O) groups excluding carboxylic acids is 2. The monoisotopic (exact) mass is 283 g/mol. The highest BCUT2D eigenvalue weighted by Gasteiger charge is 2.14. The van der Waals surface area contributed by atoms with Crippen LogP contribution in [0.3, 0.4) is 0 Å². The lowest BCUT2D eigenvalue weighted by Gasteiger charge is -2.20. The van der Waals surface area contributed by atoms with Gasteiger partial charge in [-0.25, -0.2) is 4.79 Å². The van der Waals surface area contributed by atoms with Crippen molar-refractivity contribution in [3.05, 3.63) is 29.3 Å². The maximum Gasteiger partial charge on any atom is 0.319 e. The molecule has 3 amide bonds. The first-order valence-corrected chi connectivity index (χ1v) is 6.25. The fraction of sp³-hybridized carbons (Fsp3) is 0.385. The van der Waals surface area contributed by atoms with Gasteiger partial charge in [0.15, 0.2) is 0 Å². The van der Waals surface area contributed by atoms with Crippen LogP contribution in [0.2, 0.25) is 5.02 Å². The molecule has 0 unspecified atom stereocenters. The summed E-state index contributed by atoms with van der Waals surface area (Å²) >= 11 is 5.73. The Morgan fingerprint density at radius 2 is 1.74 bits per heavy atom. The Balaban J connectivity index is 2.36. The van der Waals surface area contributed by atoms with Gasteiger partial charge < -0.3 is 16.0 Å². The zero-order valence-corrected chi connectivity index (χ0v) is 12.0. The van der Waals surface area contributed by atoms with E-state index in [9.17, 15) is 9.59 Å². The van der Waals surface area contributed by atoms with E-state index < -0.39 is 6.03 Å². The molecule has 3 N–H and O–H groups in total. The zero-order valence-electron chi connectivity index (χ0n) is 11.2. The largest absolute Gasteiger partial charge is 0.350 e. The molecular weight excluding hydrogens is 266 g/mol. The summed E-state index contributed by atoms with van der Waals surface area (Å²) in [6, 6.07) is 6.26. The minimum atomic E-state index is -0.439. The number of hydrogen-bond acceptors (Lipinski definition) is 2. The average molecular weight is 284 g/mol. The number of benzene rings is 1. The number of rotatable bonds is 3. The molecule has 0 bridgehead atoms. The second-order valence-electron chi connectivity index (χ2n) is 5.11. The number of halogens is 1. The number of hydrogen-bond donors (Lipinski definition) is 3. The summed E-state index contributed by atoms with van der Waals surface area (Å²) in [5, 5.41) is 8.41. The van der Waals surface area contributed by atoms with Gasteiger partial charge in [-0.3, -0.25) is 4.79 Å². The molecule has 0 aliphatic heterocycles. The smallest absolute Gasteiger partial charge is 0.319 e. The molecule has 0 fully saturated rings. The first-order valence-electron chi connectivity index (χ1n) is 5.88. The van der Waals surface area contributed by atoms with E-state index >= 15 is 0 Å². The molecule has 0 heterocycles. The van der Waals surface area contributed by atoms with Gasteiger partial charge in [-0.1, -0.05) is 11.6 Å². The van der Waals surface area contributed by atoms with Crippen molar-refractivity contribution in [3.8, 4) is 0 Å². The van der Waals surface area contributed by atoms with Gasteiger partial charge in [0.05, 0.1) is 6.54 Å². The molecule has 0 saturated heterocycles. The average Bonchev–Trinajstić information content (AvgIpc) is 2.27. The predicted molar refractivity (Wildman–Crippen MR) is 76.4 cm³/mol. The van der Waals surface area contributed by atoms with Crippen molar-refractivity contribution in [3.63, 3.8) is 0 Å². The van der Waals surface area contributed by atoms with Crippen molar-refractivity contribution in [2.24, 2.45) is 0 Å². The van der Waals surface area contributed by atoms with E-state index in [-0.39, 0.29) is 18.0 Å². The molecule has 5 nitrogen and oxygen atoms in total. The summed E-state index contributed by atoms with van der Waals surface area (Å²) < 4.78 is 0. The van der Waals surface area contributed by atoms with Gasteiger partial charge in [0.25, 0.3) is 0 Å². The molecule has 1 aromatic carbocycles. The Bertz CT molecular complexity index is 452. The quantitative estimate of drug-likeness (QED) is 0.797. The lowest BCUT2D eigenvalue weighted by molar-refractivity contribution is -0.121. The highest BCUT2D eigenvalue weighted by molar-refractivity contribution is 6.30. The lowest BCUT2D eigenvalue weighted by Crippen LogP contribution is -2.46. The first kappa shape index (κ1) is 15.3. The van der Waals surface area contributed by atoms with E-state index in [0.717, 1.165) is 0 Å². The Hall–Kier alpha value is -1.75. The van der Waals surface area contributed by atoms with E-state index in [1.807, 2.05) is 20.8 Å². The van der Waals surface area contributed by atoms with Gasteiger partial charge in [0.1, 0.15) is 0 Å². The third-order valence-corrected chi connectivity index (χ3v) is 2.28. The summed E-state index contributed by atoms with van der Waals surface area (Å²) in [7, 11) is 0. The molecule has 0 aromatic heterocycles. The number of urea groups is 1. The number of carbonyl (C=O) groups is 2. The predicted octanol–water partition coefficient (Wildman–Crippen LogP) is 2.38. The third-order valence-electron chi connectivity index (χ3n) is 2.03. The summed E-state index contributed by atoms with van der Waals surface area (Å²) in [6.45, 7) is 5.55. The third kappa shape index (κ3) is 6.67. The first-order chi connectivity index (χ1) is 8.76. The second kappa shape index (κ2) is 6.43. The van der Waals surface area contributed by atoms with Gasteiger partial charge in [0, 0.05) is 16.2 Å². The molecule has 1 rings (SSSR count). The maximum absolute atomic E-state index is 11.5. The lowest BCUT2D eigenvalue weighted by atomic mass is 10.1.